The minimum Gasteiger partial charge on any atom is -0.493 e. The first-order valence-corrected chi connectivity index (χ1v) is 10.0. The van der Waals surface area contributed by atoms with Gasteiger partial charge >= 0.3 is 0 Å². The van der Waals surface area contributed by atoms with Crippen molar-refractivity contribution in [3.8, 4) is 11.5 Å². The molecule has 0 atom stereocenters. The van der Waals surface area contributed by atoms with Crippen molar-refractivity contribution in [3.05, 3.63) is 45.1 Å². The second-order valence-electron chi connectivity index (χ2n) is 6.11. The molecule has 5 nitrogen and oxygen atoms in total. The summed E-state index contributed by atoms with van der Waals surface area (Å²) in [5, 5.41) is 6.07. The van der Waals surface area contributed by atoms with E-state index < -0.39 is 0 Å². The molecule has 0 spiro atoms. The molecule has 7 heteroatoms. The van der Waals surface area contributed by atoms with Crippen LogP contribution in [0.3, 0.4) is 0 Å². The van der Waals surface area contributed by atoms with Crippen molar-refractivity contribution in [1.82, 2.24) is 10.2 Å². The minimum absolute atomic E-state index is 0.491. The van der Waals surface area contributed by atoms with Crippen molar-refractivity contribution in [2.75, 3.05) is 46.5 Å². The Morgan fingerprint density at radius 3 is 2.88 bits per heavy atom. The van der Waals surface area contributed by atoms with E-state index in [-0.39, 0.29) is 0 Å². The molecular formula is C19H25ClN2O3S. The molecule has 2 heterocycles. The Labute approximate surface area is 163 Å². The number of hydrogen-bond acceptors (Lipinski definition) is 6. The quantitative estimate of drug-likeness (QED) is 0.658. The van der Waals surface area contributed by atoms with Gasteiger partial charge in [0.15, 0.2) is 11.5 Å². The monoisotopic (exact) mass is 396 g/mol. The fraction of sp³-hybridized carbons (Fsp3) is 0.474. The van der Waals surface area contributed by atoms with Crippen LogP contribution >= 0.6 is 22.9 Å². The molecule has 1 N–H and O–H groups in total. The summed E-state index contributed by atoms with van der Waals surface area (Å²) in [6.07, 6.45) is 0. The van der Waals surface area contributed by atoms with Gasteiger partial charge in [-0.2, -0.15) is 0 Å². The van der Waals surface area contributed by atoms with Crippen LogP contribution in [0.4, 0.5) is 0 Å². The summed E-state index contributed by atoms with van der Waals surface area (Å²) >= 11 is 8.10. The SMILES string of the molecule is COc1cc(CNCCN2CCOCC2)cc(Cl)c1OCc1cccs1. The predicted octanol–water partition coefficient (Wildman–Crippen LogP) is 3.41. The number of thiophene rings is 1. The highest BCUT2D eigenvalue weighted by Crippen LogP contribution is 2.37. The van der Waals surface area contributed by atoms with Gasteiger partial charge in [0.1, 0.15) is 6.61 Å². The van der Waals surface area contributed by atoms with E-state index in [9.17, 15) is 0 Å². The Bertz CT molecular complexity index is 676. The number of ether oxygens (including phenoxy) is 3. The van der Waals surface area contributed by atoms with Gasteiger partial charge in [0, 0.05) is 37.6 Å². The molecular weight excluding hydrogens is 372 g/mol. The molecule has 1 aliphatic heterocycles. The van der Waals surface area contributed by atoms with Crippen molar-refractivity contribution in [1.29, 1.82) is 0 Å². The molecule has 0 bridgehead atoms. The lowest BCUT2D eigenvalue weighted by Crippen LogP contribution is -2.40. The molecule has 26 heavy (non-hydrogen) atoms. The van der Waals surface area contributed by atoms with Gasteiger partial charge in [-0.05, 0) is 29.1 Å². The van der Waals surface area contributed by atoms with E-state index in [1.165, 1.54) is 0 Å². The zero-order chi connectivity index (χ0) is 18.2. The van der Waals surface area contributed by atoms with Gasteiger partial charge in [0.05, 0.1) is 25.3 Å². The molecule has 1 aromatic carbocycles. The lowest BCUT2D eigenvalue weighted by Gasteiger charge is -2.26. The fourth-order valence-electron chi connectivity index (χ4n) is 2.85. The molecule has 142 valence electrons. The van der Waals surface area contributed by atoms with Gasteiger partial charge in [0.25, 0.3) is 0 Å². The van der Waals surface area contributed by atoms with E-state index >= 15 is 0 Å². The van der Waals surface area contributed by atoms with Gasteiger partial charge < -0.3 is 19.5 Å². The summed E-state index contributed by atoms with van der Waals surface area (Å²) in [4.78, 5) is 3.56. The lowest BCUT2D eigenvalue weighted by molar-refractivity contribution is 0.0384. The summed E-state index contributed by atoms with van der Waals surface area (Å²) in [5.41, 5.74) is 1.08. The third kappa shape index (κ3) is 5.59. The number of benzene rings is 1. The van der Waals surface area contributed by atoms with Crippen molar-refractivity contribution in [2.24, 2.45) is 0 Å². The van der Waals surface area contributed by atoms with Crippen LogP contribution in [-0.4, -0.2) is 51.4 Å². The van der Waals surface area contributed by atoms with E-state index in [0.717, 1.165) is 56.4 Å². The van der Waals surface area contributed by atoms with E-state index in [1.54, 1.807) is 18.4 Å². The van der Waals surface area contributed by atoms with Gasteiger partial charge in [-0.3, -0.25) is 4.90 Å². The summed E-state index contributed by atoms with van der Waals surface area (Å²) < 4.78 is 16.7. The maximum Gasteiger partial charge on any atom is 0.180 e. The average Bonchev–Trinajstić information content (AvgIpc) is 3.18. The van der Waals surface area contributed by atoms with Crippen molar-refractivity contribution < 1.29 is 14.2 Å². The molecule has 0 unspecified atom stereocenters. The molecule has 1 fully saturated rings. The summed E-state index contributed by atoms with van der Waals surface area (Å²) in [7, 11) is 1.64. The largest absolute Gasteiger partial charge is 0.493 e. The molecule has 0 radical (unpaired) electrons. The molecule has 1 aromatic heterocycles. The van der Waals surface area contributed by atoms with E-state index in [1.807, 2.05) is 29.6 Å². The van der Waals surface area contributed by atoms with Crippen molar-refractivity contribution in [3.63, 3.8) is 0 Å². The van der Waals surface area contributed by atoms with Crippen LogP contribution in [0.15, 0.2) is 29.6 Å². The van der Waals surface area contributed by atoms with E-state index in [2.05, 4.69) is 10.2 Å². The molecule has 3 rings (SSSR count). The van der Waals surface area contributed by atoms with Gasteiger partial charge in [-0.25, -0.2) is 0 Å². The number of nitrogens with zero attached hydrogens (tertiary/aromatic N) is 1. The van der Waals surface area contributed by atoms with Crippen LogP contribution in [-0.2, 0) is 17.9 Å². The number of methoxy groups -OCH3 is 1. The molecule has 0 saturated carbocycles. The number of morpholine rings is 1. The molecule has 1 saturated heterocycles. The normalized spacial score (nSPS) is 15.2. The number of nitrogens with one attached hydrogen (secondary N) is 1. The smallest absolute Gasteiger partial charge is 0.180 e. The molecule has 0 aliphatic carbocycles. The van der Waals surface area contributed by atoms with E-state index in [0.29, 0.717) is 23.1 Å². The highest BCUT2D eigenvalue weighted by Gasteiger charge is 2.13. The zero-order valence-corrected chi connectivity index (χ0v) is 16.6. The van der Waals surface area contributed by atoms with Gasteiger partial charge in [-0.1, -0.05) is 17.7 Å². The highest BCUT2D eigenvalue weighted by molar-refractivity contribution is 7.09. The lowest BCUT2D eigenvalue weighted by atomic mass is 10.2. The first-order valence-electron chi connectivity index (χ1n) is 8.78. The topological polar surface area (TPSA) is 43.0 Å². The third-order valence-corrected chi connectivity index (χ3v) is 5.40. The molecule has 2 aromatic rings. The van der Waals surface area contributed by atoms with Crippen molar-refractivity contribution >= 4 is 22.9 Å². The van der Waals surface area contributed by atoms with Crippen LogP contribution < -0.4 is 14.8 Å². The van der Waals surface area contributed by atoms with Crippen LogP contribution in [0.2, 0.25) is 5.02 Å². The number of halogens is 1. The fourth-order valence-corrected chi connectivity index (χ4v) is 3.75. The standard InChI is InChI=1S/C19H25ClN2O3S/c1-23-18-12-15(13-21-4-5-22-6-8-24-9-7-22)11-17(20)19(18)25-14-16-3-2-10-26-16/h2-3,10-12,21H,4-9,13-14H2,1H3. The van der Waals surface area contributed by atoms with Crippen LogP contribution in [0, 0.1) is 0 Å². The van der Waals surface area contributed by atoms with E-state index in [4.69, 9.17) is 25.8 Å². The number of rotatable bonds is 9. The molecule has 1 aliphatic rings. The Morgan fingerprint density at radius 2 is 2.15 bits per heavy atom. The number of hydrogen-bond donors (Lipinski definition) is 1. The first kappa shape index (κ1) is 19.5. The zero-order valence-electron chi connectivity index (χ0n) is 15.0. The van der Waals surface area contributed by atoms with Crippen LogP contribution in [0.1, 0.15) is 10.4 Å². The second kappa shape index (κ2) is 10.1. The Balaban J connectivity index is 1.52. The van der Waals surface area contributed by atoms with Gasteiger partial charge in [0.2, 0.25) is 0 Å². The Kier molecular flexibility index (Phi) is 7.58. The summed E-state index contributed by atoms with van der Waals surface area (Å²) in [5.74, 6) is 1.26. The van der Waals surface area contributed by atoms with Gasteiger partial charge in [-0.15, -0.1) is 11.3 Å². The van der Waals surface area contributed by atoms with Crippen LogP contribution in [0.5, 0.6) is 11.5 Å². The van der Waals surface area contributed by atoms with Crippen LogP contribution in [0.25, 0.3) is 0 Å². The maximum absolute atomic E-state index is 6.44. The summed E-state index contributed by atoms with van der Waals surface area (Å²) in [6, 6.07) is 7.97. The average molecular weight is 397 g/mol. The predicted molar refractivity (Wildman–Crippen MR) is 106 cm³/mol. The first-order chi connectivity index (χ1) is 12.8. The third-order valence-electron chi connectivity index (χ3n) is 4.27. The Morgan fingerprint density at radius 1 is 1.31 bits per heavy atom. The second-order valence-corrected chi connectivity index (χ2v) is 7.55. The maximum atomic E-state index is 6.44. The Hall–Kier alpha value is -1.31. The minimum atomic E-state index is 0.491. The molecule has 0 amide bonds. The van der Waals surface area contributed by atoms with Crippen molar-refractivity contribution in [2.45, 2.75) is 13.2 Å². The summed E-state index contributed by atoms with van der Waals surface area (Å²) in [6.45, 7) is 6.87. The highest BCUT2D eigenvalue weighted by atomic mass is 35.5.